The molecule has 1 N–H and O–H groups in total. The molecule has 0 aliphatic heterocycles. The lowest BCUT2D eigenvalue weighted by molar-refractivity contribution is -0.111. The number of hydrogen-bond acceptors (Lipinski definition) is 4. The number of anilines is 1. The van der Waals surface area contributed by atoms with Crippen molar-refractivity contribution in [3.05, 3.63) is 57.3 Å². The zero-order valence-corrected chi connectivity index (χ0v) is 12.7. The molecule has 0 atom stereocenters. The lowest BCUT2D eigenvalue weighted by Crippen LogP contribution is -2.10. The molecule has 0 spiro atoms. The predicted octanol–water partition coefficient (Wildman–Crippen LogP) is 3.84. The van der Waals surface area contributed by atoms with Gasteiger partial charge in [-0.05, 0) is 35.2 Å². The molecule has 0 saturated carbocycles. The maximum atomic E-state index is 11.8. The first kappa shape index (κ1) is 15.3. The van der Waals surface area contributed by atoms with E-state index in [4.69, 9.17) is 11.6 Å². The Bertz CT molecular complexity index is 676. The van der Waals surface area contributed by atoms with Crippen LogP contribution in [-0.4, -0.2) is 19.0 Å². The second kappa shape index (κ2) is 7.06. The number of ether oxygens (including phenoxy) is 1. The summed E-state index contributed by atoms with van der Waals surface area (Å²) in [6.45, 7) is 0. The molecule has 0 aliphatic rings. The second-order valence-corrected chi connectivity index (χ2v) is 5.38. The van der Waals surface area contributed by atoms with Crippen LogP contribution in [0.2, 0.25) is 5.02 Å². The number of carbonyl (C=O) groups is 2. The van der Waals surface area contributed by atoms with Crippen LogP contribution in [-0.2, 0) is 9.53 Å². The molecule has 1 heterocycles. The fourth-order valence-corrected chi connectivity index (χ4v) is 2.47. The number of amides is 1. The fourth-order valence-electron chi connectivity index (χ4n) is 1.58. The van der Waals surface area contributed by atoms with Crippen molar-refractivity contribution >= 4 is 46.6 Å². The Kier molecular flexibility index (Phi) is 5.14. The monoisotopic (exact) mass is 321 g/mol. The number of methoxy groups -OCH3 is 1. The molecule has 1 aromatic carbocycles. The van der Waals surface area contributed by atoms with Crippen LogP contribution < -0.4 is 5.32 Å². The summed E-state index contributed by atoms with van der Waals surface area (Å²) in [7, 11) is 1.30. The first-order chi connectivity index (χ1) is 10.1. The highest BCUT2D eigenvalue weighted by atomic mass is 35.5. The third-order valence-corrected chi connectivity index (χ3v) is 3.74. The molecule has 108 valence electrons. The van der Waals surface area contributed by atoms with Gasteiger partial charge in [0, 0.05) is 11.1 Å². The van der Waals surface area contributed by atoms with E-state index in [1.54, 1.807) is 41.8 Å². The molecule has 2 aromatic rings. The van der Waals surface area contributed by atoms with Gasteiger partial charge in [-0.2, -0.15) is 0 Å². The SMILES string of the molecule is COC(=O)c1sccc1NC(=O)C=Cc1ccc(Cl)cc1. The molecule has 0 aliphatic carbocycles. The molecule has 1 amide bonds. The average Bonchev–Trinajstić information content (AvgIpc) is 2.94. The van der Waals surface area contributed by atoms with Crippen LogP contribution in [0.5, 0.6) is 0 Å². The fraction of sp³-hybridized carbons (Fsp3) is 0.0667. The van der Waals surface area contributed by atoms with Crippen LogP contribution >= 0.6 is 22.9 Å². The molecule has 2 rings (SSSR count). The summed E-state index contributed by atoms with van der Waals surface area (Å²) in [6, 6.07) is 8.75. The molecule has 6 heteroatoms. The van der Waals surface area contributed by atoms with E-state index in [0.29, 0.717) is 15.6 Å². The van der Waals surface area contributed by atoms with Gasteiger partial charge in [0.05, 0.1) is 12.8 Å². The second-order valence-electron chi connectivity index (χ2n) is 4.03. The van der Waals surface area contributed by atoms with E-state index in [0.717, 1.165) is 5.56 Å². The Morgan fingerprint density at radius 3 is 2.62 bits per heavy atom. The first-order valence-corrected chi connectivity index (χ1v) is 7.26. The van der Waals surface area contributed by atoms with Crippen molar-refractivity contribution < 1.29 is 14.3 Å². The molecule has 0 bridgehead atoms. The van der Waals surface area contributed by atoms with Crippen molar-refractivity contribution in [3.63, 3.8) is 0 Å². The van der Waals surface area contributed by atoms with Gasteiger partial charge >= 0.3 is 5.97 Å². The summed E-state index contributed by atoms with van der Waals surface area (Å²) in [5, 5.41) is 4.99. The van der Waals surface area contributed by atoms with Crippen molar-refractivity contribution in [3.8, 4) is 0 Å². The first-order valence-electron chi connectivity index (χ1n) is 6.00. The minimum Gasteiger partial charge on any atom is -0.465 e. The minimum atomic E-state index is -0.470. The summed E-state index contributed by atoms with van der Waals surface area (Å²) in [6.07, 6.45) is 3.05. The Balaban J connectivity index is 2.03. The number of benzene rings is 1. The highest BCUT2D eigenvalue weighted by Gasteiger charge is 2.14. The van der Waals surface area contributed by atoms with Gasteiger partial charge in [-0.25, -0.2) is 4.79 Å². The van der Waals surface area contributed by atoms with Gasteiger partial charge in [-0.1, -0.05) is 23.7 Å². The number of carbonyl (C=O) groups excluding carboxylic acids is 2. The Hall–Kier alpha value is -2.11. The molecular formula is C15H12ClNO3S. The van der Waals surface area contributed by atoms with Crippen LogP contribution in [0, 0.1) is 0 Å². The van der Waals surface area contributed by atoms with E-state index < -0.39 is 5.97 Å². The lowest BCUT2D eigenvalue weighted by Gasteiger charge is -2.02. The molecule has 0 fully saturated rings. The van der Waals surface area contributed by atoms with Crippen LogP contribution in [0.3, 0.4) is 0 Å². The van der Waals surface area contributed by atoms with E-state index in [1.165, 1.54) is 24.5 Å². The topological polar surface area (TPSA) is 55.4 Å². The zero-order chi connectivity index (χ0) is 15.2. The van der Waals surface area contributed by atoms with Gasteiger partial charge in [-0.15, -0.1) is 11.3 Å². The minimum absolute atomic E-state index is 0.325. The summed E-state index contributed by atoms with van der Waals surface area (Å²) in [5.74, 6) is -0.796. The Labute approximate surface area is 131 Å². The number of halogens is 1. The van der Waals surface area contributed by atoms with Crippen LogP contribution in [0.25, 0.3) is 6.08 Å². The van der Waals surface area contributed by atoms with Gasteiger partial charge in [0.15, 0.2) is 0 Å². The maximum absolute atomic E-state index is 11.8. The van der Waals surface area contributed by atoms with Crippen molar-refractivity contribution in [2.75, 3.05) is 12.4 Å². The van der Waals surface area contributed by atoms with E-state index in [9.17, 15) is 9.59 Å². The zero-order valence-electron chi connectivity index (χ0n) is 11.1. The lowest BCUT2D eigenvalue weighted by atomic mass is 10.2. The highest BCUT2D eigenvalue weighted by Crippen LogP contribution is 2.23. The van der Waals surface area contributed by atoms with Gasteiger partial charge < -0.3 is 10.1 Å². The van der Waals surface area contributed by atoms with Gasteiger partial charge in [0.1, 0.15) is 4.88 Å². The third kappa shape index (κ3) is 4.18. The number of esters is 1. The van der Waals surface area contributed by atoms with Crippen molar-refractivity contribution in [1.82, 2.24) is 0 Å². The number of thiophene rings is 1. The predicted molar refractivity (Wildman–Crippen MR) is 84.8 cm³/mol. The molecular weight excluding hydrogens is 310 g/mol. The van der Waals surface area contributed by atoms with Gasteiger partial charge in [0.25, 0.3) is 0 Å². The van der Waals surface area contributed by atoms with Crippen LogP contribution in [0.15, 0.2) is 41.8 Å². The summed E-state index contributed by atoms with van der Waals surface area (Å²) in [4.78, 5) is 23.7. The molecule has 21 heavy (non-hydrogen) atoms. The summed E-state index contributed by atoms with van der Waals surface area (Å²) < 4.78 is 4.65. The largest absolute Gasteiger partial charge is 0.465 e. The summed E-state index contributed by atoms with van der Waals surface area (Å²) in [5.41, 5.74) is 1.30. The van der Waals surface area contributed by atoms with Crippen LogP contribution in [0.4, 0.5) is 5.69 Å². The van der Waals surface area contributed by atoms with Crippen LogP contribution in [0.1, 0.15) is 15.2 Å². The molecule has 0 saturated heterocycles. The van der Waals surface area contributed by atoms with E-state index in [1.807, 2.05) is 0 Å². The van der Waals surface area contributed by atoms with Crippen molar-refractivity contribution in [2.45, 2.75) is 0 Å². The molecule has 1 aromatic heterocycles. The Morgan fingerprint density at radius 1 is 1.24 bits per heavy atom. The van der Waals surface area contributed by atoms with Crippen molar-refractivity contribution in [1.29, 1.82) is 0 Å². The molecule has 0 radical (unpaired) electrons. The van der Waals surface area contributed by atoms with Crippen molar-refractivity contribution in [2.24, 2.45) is 0 Å². The number of rotatable bonds is 4. The third-order valence-electron chi connectivity index (χ3n) is 2.59. The standard InChI is InChI=1S/C15H12ClNO3S/c1-20-15(19)14-12(8-9-21-14)17-13(18)7-4-10-2-5-11(16)6-3-10/h2-9H,1H3,(H,17,18). The van der Waals surface area contributed by atoms with E-state index in [-0.39, 0.29) is 5.91 Å². The average molecular weight is 322 g/mol. The Morgan fingerprint density at radius 2 is 1.95 bits per heavy atom. The van der Waals surface area contributed by atoms with E-state index in [2.05, 4.69) is 10.1 Å². The quantitative estimate of drug-likeness (QED) is 0.687. The summed E-state index contributed by atoms with van der Waals surface area (Å²) >= 11 is 7.00. The molecule has 4 nitrogen and oxygen atoms in total. The number of nitrogens with one attached hydrogen (secondary N) is 1. The smallest absolute Gasteiger partial charge is 0.350 e. The van der Waals surface area contributed by atoms with Gasteiger partial charge in [0.2, 0.25) is 5.91 Å². The van der Waals surface area contributed by atoms with Gasteiger partial charge in [-0.3, -0.25) is 4.79 Å². The van der Waals surface area contributed by atoms with E-state index >= 15 is 0 Å². The maximum Gasteiger partial charge on any atom is 0.350 e. The normalized spacial score (nSPS) is 10.6. The molecule has 0 unspecified atom stereocenters. The highest BCUT2D eigenvalue weighted by molar-refractivity contribution is 7.12. The number of hydrogen-bond donors (Lipinski definition) is 1.